The molecule has 18 heavy (non-hydrogen) atoms. The lowest BCUT2D eigenvalue weighted by Gasteiger charge is -2.13. The van der Waals surface area contributed by atoms with Crippen molar-refractivity contribution < 1.29 is 0 Å². The zero-order chi connectivity index (χ0) is 13.9. The SMILES string of the molecule is CC(=N)/C(C)=C(/C)NC(/C=C(\C)C(C)C)=C1CC1. The summed E-state index contributed by atoms with van der Waals surface area (Å²) >= 11 is 0. The van der Waals surface area contributed by atoms with Gasteiger partial charge in [0.1, 0.15) is 0 Å². The highest BCUT2D eigenvalue weighted by atomic mass is 14.9. The van der Waals surface area contributed by atoms with E-state index < -0.39 is 0 Å². The summed E-state index contributed by atoms with van der Waals surface area (Å²) < 4.78 is 0. The fourth-order valence-corrected chi connectivity index (χ4v) is 1.53. The van der Waals surface area contributed by atoms with Gasteiger partial charge in [-0.3, -0.25) is 0 Å². The normalized spacial score (nSPS) is 16.6. The van der Waals surface area contributed by atoms with E-state index in [9.17, 15) is 0 Å². The molecule has 1 aliphatic rings. The van der Waals surface area contributed by atoms with Gasteiger partial charge in [0, 0.05) is 17.1 Å². The van der Waals surface area contributed by atoms with Crippen LogP contribution in [0, 0.1) is 11.3 Å². The van der Waals surface area contributed by atoms with Gasteiger partial charge < -0.3 is 10.7 Å². The van der Waals surface area contributed by atoms with Crippen LogP contribution in [0.2, 0.25) is 0 Å². The first-order valence-electron chi connectivity index (χ1n) is 6.73. The minimum atomic E-state index is 0.580. The molecule has 0 saturated heterocycles. The second-order valence-electron chi connectivity index (χ2n) is 5.56. The molecule has 0 spiro atoms. The Morgan fingerprint density at radius 2 is 1.72 bits per heavy atom. The van der Waals surface area contributed by atoms with E-state index in [1.165, 1.54) is 29.7 Å². The topological polar surface area (TPSA) is 35.9 Å². The largest absolute Gasteiger partial charge is 0.359 e. The summed E-state index contributed by atoms with van der Waals surface area (Å²) in [5, 5.41) is 11.2. The first-order valence-corrected chi connectivity index (χ1v) is 6.73. The molecule has 1 rings (SSSR count). The van der Waals surface area contributed by atoms with Crippen molar-refractivity contribution in [3.8, 4) is 0 Å². The van der Waals surface area contributed by atoms with Crippen LogP contribution in [-0.2, 0) is 0 Å². The molecule has 0 aromatic heterocycles. The lowest BCUT2D eigenvalue weighted by molar-refractivity contribution is 0.765. The van der Waals surface area contributed by atoms with Gasteiger partial charge in [-0.2, -0.15) is 0 Å². The molecule has 2 nitrogen and oxygen atoms in total. The maximum absolute atomic E-state index is 7.68. The Labute approximate surface area is 111 Å². The molecular formula is C16H26N2. The Bertz CT molecular complexity index is 428. The Morgan fingerprint density at radius 3 is 2.11 bits per heavy atom. The predicted octanol–water partition coefficient (Wildman–Crippen LogP) is 4.56. The minimum absolute atomic E-state index is 0.580. The maximum Gasteiger partial charge on any atom is 0.0373 e. The van der Waals surface area contributed by atoms with E-state index in [0.29, 0.717) is 11.6 Å². The third-order valence-corrected chi connectivity index (χ3v) is 3.61. The van der Waals surface area contributed by atoms with Crippen molar-refractivity contribution in [1.29, 1.82) is 5.41 Å². The van der Waals surface area contributed by atoms with Gasteiger partial charge >= 0.3 is 0 Å². The standard InChI is InChI=1S/C16H26N2/c1-10(2)11(3)9-16(15-7-8-15)18-14(6)12(4)13(5)17/h9-10,17-18H,7-8H2,1-6H3/b11-9+,14-12-,17-13?. The summed E-state index contributed by atoms with van der Waals surface area (Å²) in [6.07, 6.45) is 4.68. The van der Waals surface area contributed by atoms with Crippen LogP contribution in [0.1, 0.15) is 54.4 Å². The van der Waals surface area contributed by atoms with Gasteiger partial charge in [0.15, 0.2) is 0 Å². The van der Waals surface area contributed by atoms with Crippen molar-refractivity contribution >= 4 is 5.71 Å². The molecule has 0 aromatic rings. The number of allylic oxidation sites excluding steroid dienone is 5. The zero-order valence-corrected chi connectivity index (χ0v) is 12.6. The number of hydrogen-bond donors (Lipinski definition) is 2. The van der Waals surface area contributed by atoms with Crippen LogP contribution in [-0.4, -0.2) is 5.71 Å². The molecule has 2 heteroatoms. The van der Waals surface area contributed by atoms with Crippen molar-refractivity contribution in [3.05, 3.63) is 34.2 Å². The van der Waals surface area contributed by atoms with Gasteiger partial charge in [-0.1, -0.05) is 19.4 Å². The highest BCUT2D eigenvalue weighted by molar-refractivity contribution is 5.95. The van der Waals surface area contributed by atoms with Gasteiger partial charge in [-0.05, 0) is 63.7 Å². The second kappa shape index (κ2) is 6.03. The van der Waals surface area contributed by atoms with Crippen molar-refractivity contribution in [2.45, 2.75) is 54.4 Å². The third-order valence-electron chi connectivity index (χ3n) is 3.61. The lowest BCUT2D eigenvalue weighted by Crippen LogP contribution is -2.14. The highest BCUT2D eigenvalue weighted by Gasteiger charge is 2.17. The first kappa shape index (κ1) is 14.7. The van der Waals surface area contributed by atoms with Crippen LogP contribution in [0.15, 0.2) is 34.2 Å². The van der Waals surface area contributed by atoms with Crippen LogP contribution in [0.25, 0.3) is 0 Å². The summed E-state index contributed by atoms with van der Waals surface area (Å²) in [4.78, 5) is 0. The minimum Gasteiger partial charge on any atom is -0.359 e. The molecule has 0 amide bonds. The lowest BCUT2D eigenvalue weighted by atomic mass is 10.0. The molecule has 0 atom stereocenters. The maximum atomic E-state index is 7.68. The average molecular weight is 246 g/mol. The summed E-state index contributed by atoms with van der Waals surface area (Å²) in [6.45, 7) is 12.5. The van der Waals surface area contributed by atoms with E-state index in [0.717, 1.165) is 11.3 Å². The summed E-state index contributed by atoms with van der Waals surface area (Å²) in [6, 6.07) is 0. The highest BCUT2D eigenvalue weighted by Crippen LogP contribution is 2.32. The van der Waals surface area contributed by atoms with Gasteiger partial charge in [0.2, 0.25) is 0 Å². The van der Waals surface area contributed by atoms with Crippen LogP contribution < -0.4 is 5.32 Å². The van der Waals surface area contributed by atoms with E-state index in [1.807, 2.05) is 13.8 Å². The molecule has 0 radical (unpaired) electrons. The summed E-state index contributed by atoms with van der Waals surface area (Å²) in [5.41, 5.74) is 6.90. The molecule has 0 aromatic carbocycles. The third kappa shape index (κ3) is 4.17. The van der Waals surface area contributed by atoms with E-state index in [4.69, 9.17) is 5.41 Å². The molecule has 100 valence electrons. The van der Waals surface area contributed by atoms with Crippen LogP contribution >= 0.6 is 0 Å². The van der Waals surface area contributed by atoms with Gasteiger partial charge in [-0.15, -0.1) is 0 Å². The Kier molecular flexibility index (Phi) is 4.94. The van der Waals surface area contributed by atoms with Crippen molar-refractivity contribution in [2.75, 3.05) is 0 Å². The van der Waals surface area contributed by atoms with Crippen LogP contribution in [0.4, 0.5) is 0 Å². The van der Waals surface area contributed by atoms with E-state index >= 15 is 0 Å². The molecule has 1 fully saturated rings. The first-order chi connectivity index (χ1) is 8.32. The fraction of sp³-hybridized carbons (Fsp3) is 0.562. The molecule has 2 N–H and O–H groups in total. The average Bonchev–Trinajstić information content (AvgIpc) is 3.10. The monoisotopic (exact) mass is 246 g/mol. The quantitative estimate of drug-likeness (QED) is 0.685. The van der Waals surface area contributed by atoms with Gasteiger partial charge in [0.25, 0.3) is 0 Å². The Balaban J connectivity index is 2.92. The zero-order valence-electron chi connectivity index (χ0n) is 12.6. The summed E-state index contributed by atoms with van der Waals surface area (Å²) in [5.74, 6) is 0.580. The molecule has 0 heterocycles. The smallest absolute Gasteiger partial charge is 0.0373 e. The predicted molar refractivity (Wildman–Crippen MR) is 79.8 cm³/mol. The van der Waals surface area contributed by atoms with Gasteiger partial charge in [-0.25, -0.2) is 0 Å². The van der Waals surface area contributed by atoms with Crippen LogP contribution in [0.3, 0.4) is 0 Å². The van der Waals surface area contributed by atoms with E-state index in [-0.39, 0.29) is 0 Å². The number of hydrogen-bond acceptors (Lipinski definition) is 2. The summed E-state index contributed by atoms with van der Waals surface area (Å²) in [7, 11) is 0. The molecule has 1 aliphatic carbocycles. The molecule has 0 aliphatic heterocycles. The molecule has 0 unspecified atom stereocenters. The second-order valence-corrected chi connectivity index (χ2v) is 5.56. The number of nitrogens with one attached hydrogen (secondary N) is 2. The fourth-order valence-electron chi connectivity index (χ4n) is 1.53. The van der Waals surface area contributed by atoms with Crippen molar-refractivity contribution in [3.63, 3.8) is 0 Å². The Morgan fingerprint density at radius 1 is 1.17 bits per heavy atom. The molecule has 0 bridgehead atoms. The molecule has 1 saturated carbocycles. The molecular weight excluding hydrogens is 220 g/mol. The van der Waals surface area contributed by atoms with E-state index in [2.05, 4.69) is 39.1 Å². The van der Waals surface area contributed by atoms with Crippen LogP contribution in [0.5, 0.6) is 0 Å². The van der Waals surface area contributed by atoms with Gasteiger partial charge in [0.05, 0.1) is 0 Å². The number of rotatable bonds is 5. The Hall–Kier alpha value is -1.31. The van der Waals surface area contributed by atoms with Crippen molar-refractivity contribution in [1.82, 2.24) is 5.32 Å². The van der Waals surface area contributed by atoms with Crippen molar-refractivity contribution in [2.24, 2.45) is 5.92 Å². The van der Waals surface area contributed by atoms with E-state index in [1.54, 1.807) is 0 Å².